The van der Waals surface area contributed by atoms with Crippen molar-refractivity contribution in [1.82, 2.24) is 10.6 Å². The van der Waals surface area contributed by atoms with Crippen LogP contribution in [-0.4, -0.2) is 37.3 Å². The predicted molar refractivity (Wildman–Crippen MR) is 107 cm³/mol. The van der Waals surface area contributed by atoms with Gasteiger partial charge in [-0.25, -0.2) is 4.99 Å². The Kier molecular flexibility index (Phi) is 6.50. The average molecular weight is 385 g/mol. The number of nitro benzene ring substituents is 1. The third kappa shape index (κ3) is 5.26. The summed E-state index contributed by atoms with van der Waals surface area (Å²) in [6, 6.07) is 12.1. The summed E-state index contributed by atoms with van der Waals surface area (Å²) < 4.78 is 10.7. The maximum absolute atomic E-state index is 10.7. The molecule has 0 saturated heterocycles. The molecule has 3 N–H and O–H groups in total. The molecule has 0 radical (unpaired) electrons. The summed E-state index contributed by atoms with van der Waals surface area (Å²) in [6.45, 7) is 4.82. The van der Waals surface area contributed by atoms with Gasteiger partial charge in [0.05, 0.1) is 11.5 Å². The van der Waals surface area contributed by atoms with E-state index in [2.05, 4.69) is 20.9 Å². The standard InChI is InChI=1S/C19H23N5O4/c1-2-20-19(23-12-14-3-8-17-18(11-14)28-13-27-17)22-10-9-21-15-4-6-16(7-5-15)24(25)26/h3-8,11,21H,2,9-10,12-13H2,1H3,(H2,20,22,23). The zero-order chi connectivity index (χ0) is 19.8. The van der Waals surface area contributed by atoms with Crippen LogP contribution in [0.3, 0.4) is 0 Å². The maximum Gasteiger partial charge on any atom is 0.269 e. The number of rotatable bonds is 8. The van der Waals surface area contributed by atoms with Gasteiger partial charge in [-0.05, 0) is 36.8 Å². The van der Waals surface area contributed by atoms with Crippen LogP contribution in [0.2, 0.25) is 0 Å². The molecule has 9 heteroatoms. The third-order valence-electron chi connectivity index (χ3n) is 4.03. The lowest BCUT2D eigenvalue weighted by atomic mass is 10.2. The highest BCUT2D eigenvalue weighted by Gasteiger charge is 2.13. The molecule has 0 fully saturated rings. The molecule has 2 aromatic rings. The number of guanidine groups is 1. The Bertz CT molecular complexity index is 839. The number of aliphatic imine (C=N–C) groups is 1. The van der Waals surface area contributed by atoms with Crippen LogP contribution in [-0.2, 0) is 6.54 Å². The summed E-state index contributed by atoms with van der Waals surface area (Å²) in [7, 11) is 0. The molecule has 9 nitrogen and oxygen atoms in total. The molecular formula is C19H23N5O4. The first-order valence-corrected chi connectivity index (χ1v) is 9.04. The van der Waals surface area contributed by atoms with Gasteiger partial charge >= 0.3 is 0 Å². The molecule has 1 aliphatic heterocycles. The van der Waals surface area contributed by atoms with Gasteiger partial charge in [0.15, 0.2) is 17.5 Å². The Balaban J connectivity index is 1.47. The van der Waals surface area contributed by atoms with Gasteiger partial charge in [0.1, 0.15) is 0 Å². The van der Waals surface area contributed by atoms with Gasteiger partial charge in [0.2, 0.25) is 6.79 Å². The number of anilines is 1. The molecule has 148 valence electrons. The summed E-state index contributed by atoms with van der Waals surface area (Å²) in [6.07, 6.45) is 0. The summed E-state index contributed by atoms with van der Waals surface area (Å²) in [4.78, 5) is 14.8. The van der Waals surface area contributed by atoms with E-state index < -0.39 is 4.92 Å². The van der Waals surface area contributed by atoms with Crippen molar-refractivity contribution in [2.75, 3.05) is 31.7 Å². The Morgan fingerprint density at radius 2 is 1.89 bits per heavy atom. The second-order valence-electron chi connectivity index (χ2n) is 6.04. The Morgan fingerprint density at radius 1 is 1.11 bits per heavy atom. The van der Waals surface area contributed by atoms with Gasteiger partial charge in [-0.3, -0.25) is 10.1 Å². The molecular weight excluding hydrogens is 362 g/mol. The van der Waals surface area contributed by atoms with E-state index >= 15 is 0 Å². The quantitative estimate of drug-likeness (QED) is 0.210. The molecule has 0 saturated carbocycles. The highest BCUT2D eigenvalue weighted by Crippen LogP contribution is 2.32. The third-order valence-corrected chi connectivity index (χ3v) is 4.03. The SMILES string of the molecule is CCNC(=NCc1ccc2c(c1)OCO2)NCCNc1ccc([N+](=O)[O-])cc1. The van der Waals surface area contributed by atoms with Gasteiger partial charge in [0.25, 0.3) is 5.69 Å². The number of ether oxygens (including phenoxy) is 2. The van der Waals surface area contributed by atoms with Crippen LogP contribution in [0.1, 0.15) is 12.5 Å². The lowest BCUT2D eigenvalue weighted by Crippen LogP contribution is -2.39. The molecule has 0 spiro atoms. The Labute approximate surface area is 162 Å². The molecule has 0 atom stereocenters. The van der Waals surface area contributed by atoms with Crippen molar-refractivity contribution < 1.29 is 14.4 Å². The first-order valence-electron chi connectivity index (χ1n) is 9.04. The normalized spacial score (nSPS) is 12.5. The second-order valence-corrected chi connectivity index (χ2v) is 6.04. The minimum atomic E-state index is -0.412. The highest BCUT2D eigenvalue weighted by atomic mass is 16.7. The van der Waals surface area contributed by atoms with Crippen LogP contribution in [0.5, 0.6) is 11.5 Å². The molecule has 0 amide bonds. The first kappa shape index (κ1) is 19.3. The van der Waals surface area contributed by atoms with Crippen molar-refractivity contribution in [3.05, 3.63) is 58.1 Å². The van der Waals surface area contributed by atoms with Crippen molar-refractivity contribution >= 4 is 17.3 Å². The average Bonchev–Trinajstić information content (AvgIpc) is 3.17. The minimum absolute atomic E-state index is 0.0776. The monoisotopic (exact) mass is 385 g/mol. The number of hydrogen-bond acceptors (Lipinski definition) is 6. The van der Waals surface area contributed by atoms with E-state index in [0.717, 1.165) is 29.3 Å². The largest absolute Gasteiger partial charge is 0.454 e. The van der Waals surface area contributed by atoms with Gasteiger partial charge in [-0.2, -0.15) is 0 Å². The number of nitro groups is 1. The van der Waals surface area contributed by atoms with E-state index in [1.807, 2.05) is 25.1 Å². The van der Waals surface area contributed by atoms with Gasteiger partial charge < -0.3 is 25.4 Å². The fourth-order valence-electron chi connectivity index (χ4n) is 2.64. The molecule has 3 rings (SSSR count). The molecule has 1 heterocycles. The zero-order valence-electron chi connectivity index (χ0n) is 15.6. The zero-order valence-corrected chi connectivity index (χ0v) is 15.6. The van der Waals surface area contributed by atoms with Crippen molar-refractivity contribution in [1.29, 1.82) is 0 Å². The molecule has 1 aliphatic rings. The lowest BCUT2D eigenvalue weighted by Gasteiger charge is -2.12. The van der Waals surface area contributed by atoms with Crippen LogP contribution in [0.15, 0.2) is 47.5 Å². The van der Waals surface area contributed by atoms with Crippen LogP contribution < -0.4 is 25.4 Å². The molecule has 0 unspecified atom stereocenters. The van der Waals surface area contributed by atoms with Gasteiger partial charge in [-0.1, -0.05) is 6.07 Å². The Hall–Kier alpha value is -3.49. The van der Waals surface area contributed by atoms with Crippen molar-refractivity contribution in [2.45, 2.75) is 13.5 Å². The first-order chi connectivity index (χ1) is 13.7. The summed E-state index contributed by atoms with van der Waals surface area (Å²) in [5.41, 5.74) is 1.94. The van der Waals surface area contributed by atoms with Crippen molar-refractivity contribution in [3.8, 4) is 11.5 Å². The molecule has 28 heavy (non-hydrogen) atoms. The van der Waals surface area contributed by atoms with Crippen LogP contribution >= 0.6 is 0 Å². The number of hydrogen-bond donors (Lipinski definition) is 3. The number of nitrogens with zero attached hydrogens (tertiary/aromatic N) is 2. The van der Waals surface area contributed by atoms with Crippen LogP contribution in [0.25, 0.3) is 0 Å². The summed E-state index contributed by atoms with van der Waals surface area (Å²) in [5, 5.41) is 20.3. The molecule has 0 aliphatic carbocycles. The van der Waals surface area contributed by atoms with E-state index in [4.69, 9.17) is 9.47 Å². The topological polar surface area (TPSA) is 110 Å². The fraction of sp³-hybridized carbons (Fsp3) is 0.316. The second kappa shape index (κ2) is 9.45. The van der Waals surface area contributed by atoms with Crippen LogP contribution in [0.4, 0.5) is 11.4 Å². The number of non-ortho nitro benzene ring substituents is 1. The fourth-order valence-corrected chi connectivity index (χ4v) is 2.64. The molecule has 2 aromatic carbocycles. The number of benzene rings is 2. The number of nitrogens with one attached hydrogen (secondary N) is 3. The highest BCUT2D eigenvalue weighted by molar-refractivity contribution is 5.79. The molecule has 0 aromatic heterocycles. The predicted octanol–water partition coefficient (Wildman–Crippen LogP) is 2.49. The van der Waals surface area contributed by atoms with E-state index in [1.165, 1.54) is 12.1 Å². The minimum Gasteiger partial charge on any atom is -0.454 e. The summed E-state index contributed by atoms with van der Waals surface area (Å²) in [5.74, 6) is 2.22. The van der Waals surface area contributed by atoms with E-state index in [9.17, 15) is 10.1 Å². The van der Waals surface area contributed by atoms with E-state index in [-0.39, 0.29) is 12.5 Å². The van der Waals surface area contributed by atoms with E-state index in [0.29, 0.717) is 25.6 Å². The lowest BCUT2D eigenvalue weighted by molar-refractivity contribution is -0.384. The van der Waals surface area contributed by atoms with Gasteiger partial charge in [0, 0.05) is 37.5 Å². The van der Waals surface area contributed by atoms with E-state index in [1.54, 1.807) is 12.1 Å². The summed E-state index contributed by atoms with van der Waals surface area (Å²) >= 11 is 0. The number of fused-ring (bicyclic) bond motifs is 1. The Morgan fingerprint density at radius 3 is 2.64 bits per heavy atom. The van der Waals surface area contributed by atoms with Crippen molar-refractivity contribution in [2.24, 2.45) is 4.99 Å². The smallest absolute Gasteiger partial charge is 0.269 e. The molecule has 0 bridgehead atoms. The maximum atomic E-state index is 10.7. The van der Waals surface area contributed by atoms with Crippen LogP contribution in [0, 0.1) is 10.1 Å². The van der Waals surface area contributed by atoms with Gasteiger partial charge in [-0.15, -0.1) is 0 Å². The van der Waals surface area contributed by atoms with Crippen molar-refractivity contribution in [3.63, 3.8) is 0 Å².